The molecule has 0 aliphatic heterocycles. The molecule has 0 spiro atoms. The maximum atomic E-state index is 10.7. The maximum Gasteiger partial charge on any atom is 0.274 e. The predicted octanol–water partition coefficient (Wildman–Crippen LogP) is 2.63. The van der Waals surface area contributed by atoms with Crippen molar-refractivity contribution in [1.82, 2.24) is 5.32 Å². The van der Waals surface area contributed by atoms with Gasteiger partial charge in [0.2, 0.25) is 0 Å². The van der Waals surface area contributed by atoms with E-state index < -0.39 is 11.0 Å². The van der Waals surface area contributed by atoms with Crippen LogP contribution in [0.25, 0.3) is 0 Å². The van der Waals surface area contributed by atoms with E-state index in [4.69, 9.17) is 10.00 Å². The van der Waals surface area contributed by atoms with E-state index in [1.807, 2.05) is 13.8 Å². The van der Waals surface area contributed by atoms with E-state index in [-0.39, 0.29) is 18.3 Å². The van der Waals surface area contributed by atoms with Gasteiger partial charge in [0.1, 0.15) is 18.4 Å². The SMILES string of the molecule is CC(C)NC(C#N)COc1cc(Br)cc([N+](=O)[O-])c1. The summed E-state index contributed by atoms with van der Waals surface area (Å²) in [4.78, 5) is 10.2. The van der Waals surface area contributed by atoms with Gasteiger partial charge < -0.3 is 4.74 Å². The molecule has 19 heavy (non-hydrogen) atoms. The molecule has 0 fully saturated rings. The Kier molecular flexibility index (Phi) is 5.73. The molecule has 0 aliphatic carbocycles. The highest BCUT2D eigenvalue weighted by molar-refractivity contribution is 9.10. The van der Waals surface area contributed by atoms with E-state index >= 15 is 0 Å². The Hall–Kier alpha value is -1.65. The van der Waals surface area contributed by atoms with Crippen molar-refractivity contribution in [3.63, 3.8) is 0 Å². The number of benzene rings is 1. The van der Waals surface area contributed by atoms with Crippen LogP contribution in [0.5, 0.6) is 5.75 Å². The minimum absolute atomic E-state index is 0.0605. The second kappa shape index (κ2) is 7.07. The van der Waals surface area contributed by atoms with Crippen molar-refractivity contribution in [2.24, 2.45) is 0 Å². The summed E-state index contributed by atoms with van der Waals surface area (Å²) in [6.07, 6.45) is 0. The molecule has 0 bridgehead atoms. The van der Waals surface area contributed by atoms with Crippen molar-refractivity contribution in [3.05, 3.63) is 32.8 Å². The molecular formula is C12H14BrN3O3. The molecule has 7 heteroatoms. The lowest BCUT2D eigenvalue weighted by Gasteiger charge is -2.15. The van der Waals surface area contributed by atoms with Gasteiger partial charge in [-0.3, -0.25) is 15.4 Å². The average molecular weight is 328 g/mol. The number of nitrogens with zero attached hydrogens (tertiary/aromatic N) is 2. The lowest BCUT2D eigenvalue weighted by molar-refractivity contribution is -0.385. The Bertz CT molecular complexity index is 499. The monoisotopic (exact) mass is 327 g/mol. The van der Waals surface area contributed by atoms with Crippen molar-refractivity contribution < 1.29 is 9.66 Å². The summed E-state index contributed by atoms with van der Waals surface area (Å²) in [6.45, 7) is 3.98. The number of nitriles is 1. The van der Waals surface area contributed by atoms with E-state index in [1.165, 1.54) is 12.1 Å². The van der Waals surface area contributed by atoms with Crippen LogP contribution in [0.2, 0.25) is 0 Å². The van der Waals surface area contributed by atoms with Crippen molar-refractivity contribution in [1.29, 1.82) is 5.26 Å². The summed E-state index contributed by atoms with van der Waals surface area (Å²) >= 11 is 3.18. The maximum absolute atomic E-state index is 10.7. The topological polar surface area (TPSA) is 88.2 Å². The minimum Gasteiger partial charge on any atom is -0.491 e. The molecule has 1 N–H and O–H groups in total. The van der Waals surface area contributed by atoms with Crippen molar-refractivity contribution in [2.75, 3.05) is 6.61 Å². The Balaban J connectivity index is 2.72. The van der Waals surface area contributed by atoms with Gasteiger partial charge in [0.15, 0.2) is 0 Å². The first-order valence-corrected chi connectivity index (χ1v) is 6.45. The Morgan fingerprint density at radius 3 is 2.74 bits per heavy atom. The number of nitro benzene ring substituents is 1. The highest BCUT2D eigenvalue weighted by Crippen LogP contribution is 2.26. The summed E-state index contributed by atoms with van der Waals surface area (Å²) < 4.78 is 5.97. The lowest BCUT2D eigenvalue weighted by atomic mass is 10.3. The number of non-ortho nitro benzene ring substituents is 1. The molecule has 0 saturated heterocycles. The third-order valence-corrected chi connectivity index (χ3v) is 2.63. The van der Waals surface area contributed by atoms with E-state index in [9.17, 15) is 10.1 Å². The van der Waals surface area contributed by atoms with E-state index in [2.05, 4.69) is 27.3 Å². The van der Waals surface area contributed by atoms with E-state index in [0.717, 1.165) is 0 Å². The number of hydrogen-bond donors (Lipinski definition) is 1. The molecule has 1 unspecified atom stereocenters. The Morgan fingerprint density at radius 2 is 2.21 bits per heavy atom. The Morgan fingerprint density at radius 1 is 1.53 bits per heavy atom. The fraction of sp³-hybridized carbons (Fsp3) is 0.417. The summed E-state index contributed by atoms with van der Waals surface area (Å²) in [5, 5.41) is 22.7. The Labute approximate surface area is 119 Å². The number of nitrogens with one attached hydrogen (secondary N) is 1. The standard InChI is InChI=1S/C12H14BrN3O3/c1-8(2)15-10(6-14)7-19-12-4-9(13)3-11(5-12)16(17)18/h3-5,8,10,15H,7H2,1-2H3. The van der Waals surface area contributed by atoms with Gasteiger partial charge in [-0.25, -0.2) is 0 Å². The normalized spacial score (nSPS) is 11.9. The molecule has 6 nitrogen and oxygen atoms in total. The largest absolute Gasteiger partial charge is 0.491 e. The minimum atomic E-state index is -0.494. The predicted molar refractivity (Wildman–Crippen MR) is 74.0 cm³/mol. The molecule has 1 atom stereocenters. The van der Waals surface area contributed by atoms with Crippen LogP contribution >= 0.6 is 15.9 Å². The van der Waals surface area contributed by atoms with Crippen molar-refractivity contribution in [3.8, 4) is 11.8 Å². The highest BCUT2D eigenvalue weighted by Gasteiger charge is 2.12. The quantitative estimate of drug-likeness (QED) is 0.640. The molecule has 1 rings (SSSR count). The second-order valence-corrected chi connectivity index (χ2v) is 5.13. The van der Waals surface area contributed by atoms with Gasteiger partial charge in [0, 0.05) is 16.6 Å². The summed E-state index contributed by atoms with van der Waals surface area (Å²) in [7, 11) is 0. The lowest BCUT2D eigenvalue weighted by Crippen LogP contribution is -2.37. The molecule has 0 heterocycles. The third-order valence-electron chi connectivity index (χ3n) is 2.17. The van der Waals surface area contributed by atoms with Crippen LogP contribution in [0.1, 0.15) is 13.8 Å². The van der Waals surface area contributed by atoms with Crippen LogP contribution in [0.15, 0.2) is 22.7 Å². The molecular weight excluding hydrogens is 314 g/mol. The molecule has 0 aliphatic rings. The summed E-state index contributed by atoms with van der Waals surface area (Å²) in [6, 6.07) is 6.11. The van der Waals surface area contributed by atoms with Gasteiger partial charge in [-0.1, -0.05) is 15.9 Å². The summed E-state index contributed by atoms with van der Waals surface area (Å²) in [5.74, 6) is 0.354. The van der Waals surface area contributed by atoms with Gasteiger partial charge in [-0.2, -0.15) is 5.26 Å². The van der Waals surface area contributed by atoms with Crippen LogP contribution in [-0.4, -0.2) is 23.6 Å². The zero-order valence-electron chi connectivity index (χ0n) is 10.6. The number of halogens is 1. The number of ether oxygens (including phenoxy) is 1. The van der Waals surface area contributed by atoms with Crippen molar-refractivity contribution >= 4 is 21.6 Å². The number of nitro groups is 1. The first-order valence-electron chi connectivity index (χ1n) is 5.66. The van der Waals surface area contributed by atoms with Gasteiger partial charge in [-0.05, 0) is 19.9 Å². The van der Waals surface area contributed by atoms with Crippen LogP contribution in [0, 0.1) is 21.4 Å². The molecule has 0 radical (unpaired) electrons. The van der Waals surface area contributed by atoms with Crippen molar-refractivity contribution in [2.45, 2.75) is 25.9 Å². The first kappa shape index (κ1) is 15.4. The molecule has 0 saturated carbocycles. The van der Waals surface area contributed by atoms with Crippen LogP contribution in [0.4, 0.5) is 5.69 Å². The van der Waals surface area contributed by atoms with Gasteiger partial charge >= 0.3 is 0 Å². The zero-order valence-corrected chi connectivity index (χ0v) is 12.2. The first-order chi connectivity index (χ1) is 8.92. The summed E-state index contributed by atoms with van der Waals surface area (Å²) in [5.41, 5.74) is -0.0605. The third kappa shape index (κ3) is 5.24. The zero-order chi connectivity index (χ0) is 14.4. The van der Waals surface area contributed by atoms with Gasteiger partial charge in [0.05, 0.1) is 17.1 Å². The molecule has 0 amide bonds. The van der Waals surface area contributed by atoms with Crippen LogP contribution < -0.4 is 10.1 Å². The number of hydrogen-bond acceptors (Lipinski definition) is 5. The molecule has 102 valence electrons. The van der Waals surface area contributed by atoms with Crippen LogP contribution in [-0.2, 0) is 0 Å². The highest BCUT2D eigenvalue weighted by atomic mass is 79.9. The van der Waals surface area contributed by atoms with E-state index in [1.54, 1.807) is 6.07 Å². The van der Waals surface area contributed by atoms with Crippen LogP contribution in [0.3, 0.4) is 0 Å². The number of rotatable bonds is 6. The van der Waals surface area contributed by atoms with E-state index in [0.29, 0.717) is 10.2 Å². The average Bonchev–Trinajstić information content (AvgIpc) is 2.33. The van der Waals surface area contributed by atoms with Gasteiger partial charge in [0.25, 0.3) is 5.69 Å². The molecule has 0 aromatic heterocycles. The fourth-order valence-corrected chi connectivity index (χ4v) is 1.90. The molecule has 1 aromatic rings. The smallest absolute Gasteiger partial charge is 0.274 e. The molecule has 1 aromatic carbocycles. The second-order valence-electron chi connectivity index (χ2n) is 4.22. The van der Waals surface area contributed by atoms with Gasteiger partial charge in [-0.15, -0.1) is 0 Å². The fourth-order valence-electron chi connectivity index (χ4n) is 1.44.